The summed E-state index contributed by atoms with van der Waals surface area (Å²) in [5.41, 5.74) is 0.981. The Hall–Kier alpha value is -1.99. The maximum absolute atomic E-state index is 12.1. The largest absolute Gasteiger partial charge is 0.354 e. The Balaban J connectivity index is 1.47. The van der Waals surface area contributed by atoms with Gasteiger partial charge in [0.05, 0.1) is 12.2 Å². The fourth-order valence-electron chi connectivity index (χ4n) is 2.56. The number of anilines is 2. The van der Waals surface area contributed by atoms with E-state index in [4.69, 9.17) is 0 Å². The van der Waals surface area contributed by atoms with Crippen molar-refractivity contribution in [2.24, 2.45) is 0 Å². The number of carbonyl (C=O) groups is 1. The number of amides is 1. The molecule has 1 saturated heterocycles. The first-order valence-corrected chi connectivity index (χ1v) is 8.55. The average Bonchev–Trinajstić information content (AvgIpc) is 2.86. The number of carbonyl (C=O) groups excluding carboxylic acids is 1. The second-order valence-corrected chi connectivity index (χ2v) is 6.86. The van der Waals surface area contributed by atoms with Crippen LogP contribution in [0.25, 0.3) is 0 Å². The molecule has 0 bridgehead atoms. The van der Waals surface area contributed by atoms with Gasteiger partial charge in [-0.3, -0.25) is 9.69 Å². The average molecular weight is 331 g/mol. The van der Waals surface area contributed by atoms with Crippen LogP contribution < -0.4 is 10.2 Å². The molecule has 0 saturated carbocycles. The topological polar surface area (TPSA) is 61.4 Å². The molecule has 6 nitrogen and oxygen atoms in total. The molecule has 2 aromatic rings. The van der Waals surface area contributed by atoms with Crippen LogP contribution in [0.1, 0.15) is 10.6 Å². The molecule has 1 fully saturated rings. The first kappa shape index (κ1) is 15.9. The molecule has 0 aliphatic carbocycles. The summed E-state index contributed by atoms with van der Waals surface area (Å²) < 4.78 is 0. The number of aryl methyl sites for hydroxylation is 2. The van der Waals surface area contributed by atoms with Crippen molar-refractivity contribution < 1.29 is 4.79 Å². The normalized spacial score (nSPS) is 15.7. The zero-order valence-electron chi connectivity index (χ0n) is 13.5. The van der Waals surface area contributed by atoms with Crippen LogP contribution in [-0.2, 0) is 4.79 Å². The van der Waals surface area contributed by atoms with E-state index < -0.39 is 0 Å². The lowest BCUT2D eigenvalue weighted by Crippen LogP contribution is -2.48. The molecule has 7 heteroatoms. The first-order valence-electron chi connectivity index (χ1n) is 7.74. The van der Waals surface area contributed by atoms with Crippen LogP contribution in [0.5, 0.6) is 0 Å². The molecule has 3 heterocycles. The third-order valence-electron chi connectivity index (χ3n) is 3.99. The molecule has 1 N–H and O–H groups in total. The van der Waals surface area contributed by atoms with Gasteiger partial charge in [0.15, 0.2) is 5.13 Å². The van der Waals surface area contributed by atoms with E-state index in [1.54, 1.807) is 0 Å². The maximum Gasteiger partial charge on any atom is 0.240 e. The van der Waals surface area contributed by atoms with Gasteiger partial charge >= 0.3 is 0 Å². The predicted octanol–water partition coefficient (Wildman–Crippen LogP) is 1.92. The second-order valence-electron chi connectivity index (χ2n) is 5.66. The van der Waals surface area contributed by atoms with Crippen LogP contribution in [0.2, 0.25) is 0 Å². The van der Waals surface area contributed by atoms with Gasteiger partial charge in [-0.25, -0.2) is 9.97 Å². The minimum absolute atomic E-state index is 0.00466. The van der Waals surface area contributed by atoms with Gasteiger partial charge in [0.2, 0.25) is 5.91 Å². The number of pyridine rings is 1. The van der Waals surface area contributed by atoms with Crippen LogP contribution in [-0.4, -0.2) is 53.5 Å². The Morgan fingerprint density at radius 1 is 1.26 bits per heavy atom. The van der Waals surface area contributed by atoms with Crippen molar-refractivity contribution in [1.29, 1.82) is 0 Å². The van der Waals surface area contributed by atoms with Gasteiger partial charge in [0.25, 0.3) is 0 Å². The predicted molar refractivity (Wildman–Crippen MR) is 93.1 cm³/mol. The number of hydrogen-bond acceptors (Lipinski definition) is 6. The van der Waals surface area contributed by atoms with Crippen molar-refractivity contribution in [3.63, 3.8) is 0 Å². The monoisotopic (exact) mass is 331 g/mol. The molecule has 1 aliphatic heterocycles. The second kappa shape index (κ2) is 7.06. The Labute approximate surface area is 140 Å². The van der Waals surface area contributed by atoms with E-state index in [2.05, 4.69) is 25.1 Å². The lowest BCUT2D eigenvalue weighted by Gasteiger charge is -2.34. The molecule has 0 radical (unpaired) electrons. The van der Waals surface area contributed by atoms with Crippen LogP contribution >= 0.6 is 11.3 Å². The maximum atomic E-state index is 12.1. The SMILES string of the molecule is Cc1nc(NC(=O)CN2CCN(c3ccccn3)CC2)sc1C. The van der Waals surface area contributed by atoms with E-state index >= 15 is 0 Å². The van der Waals surface area contributed by atoms with Gasteiger partial charge in [-0.1, -0.05) is 6.07 Å². The molecule has 1 aliphatic rings. The fraction of sp³-hybridized carbons (Fsp3) is 0.438. The molecule has 0 spiro atoms. The van der Waals surface area contributed by atoms with Gasteiger partial charge in [-0.2, -0.15) is 0 Å². The van der Waals surface area contributed by atoms with E-state index in [1.165, 1.54) is 11.3 Å². The summed E-state index contributed by atoms with van der Waals surface area (Å²) in [6.45, 7) is 7.88. The molecule has 0 atom stereocenters. The standard InChI is InChI=1S/C16H21N5OS/c1-12-13(2)23-16(18-12)19-15(22)11-20-7-9-21(10-8-20)14-5-3-4-6-17-14/h3-6H,7-11H2,1-2H3,(H,18,19,22). The third kappa shape index (κ3) is 4.05. The Morgan fingerprint density at radius 2 is 2.04 bits per heavy atom. The summed E-state index contributed by atoms with van der Waals surface area (Å²) in [6, 6.07) is 5.95. The highest BCUT2D eigenvalue weighted by molar-refractivity contribution is 7.15. The number of piperazine rings is 1. The van der Waals surface area contributed by atoms with Crippen molar-refractivity contribution in [2.75, 3.05) is 42.9 Å². The van der Waals surface area contributed by atoms with E-state index in [0.717, 1.165) is 42.6 Å². The highest BCUT2D eigenvalue weighted by Crippen LogP contribution is 2.21. The Kier molecular flexibility index (Phi) is 4.88. The lowest BCUT2D eigenvalue weighted by atomic mass is 10.3. The number of rotatable bonds is 4. The van der Waals surface area contributed by atoms with Crippen molar-refractivity contribution in [1.82, 2.24) is 14.9 Å². The summed E-state index contributed by atoms with van der Waals surface area (Å²) >= 11 is 1.52. The summed E-state index contributed by atoms with van der Waals surface area (Å²) in [6.07, 6.45) is 1.81. The third-order valence-corrected chi connectivity index (χ3v) is 4.98. The number of hydrogen-bond donors (Lipinski definition) is 1. The summed E-state index contributed by atoms with van der Waals surface area (Å²) in [5.74, 6) is 1.01. The molecular weight excluding hydrogens is 310 g/mol. The van der Waals surface area contributed by atoms with E-state index in [1.807, 2.05) is 38.2 Å². The van der Waals surface area contributed by atoms with Crippen molar-refractivity contribution in [3.05, 3.63) is 35.0 Å². The minimum atomic E-state index is 0.00466. The molecular formula is C16H21N5OS. The quantitative estimate of drug-likeness (QED) is 0.927. The summed E-state index contributed by atoms with van der Waals surface area (Å²) in [5, 5.41) is 3.59. The molecule has 0 unspecified atom stereocenters. The van der Waals surface area contributed by atoms with Crippen LogP contribution in [0.4, 0.5) is 10.9 Å². The van der Waals surface area contributed by atoms with Crippen molar-refractivity contribution in [2.45, 2.75) is 13.8 Å². The lowest BCUT2D eigenvalue weighted by molar-refractivity contribution is -0.117. The molecule has 2 aromatic heterocycles. The Bertz CT molecular complexity index is 645. The fourth-order valence-corrected chi connectivity index (χ4v) is 3.39. The van der Waals surface area contributed by atoms with Crippen LogP contribution in [0.3, 0.4) is 0 Å². The van der Waals surface area contributed by atoms with E-state index in [-0.39, 0.29) is 5.91 Å². The zero-order chi connectivity index (χ0) is 16.2. The van der Waals surface area contributed by atoms with Gasteiger partial charge in [-0.15, -0.1) is 11.3 Å². The molecule has 0 aromatic carbocycles. The molecule has 3 rings (SSSR count). The highest BCUT2D eigenvalue weighted by atomic mass is 32.1. The molecule has 1 amide bonds. The van der Waals surface area contributed by atoms with Crippen LogP contribution in [0, 0.1) is 13.8 Å². The van der Waals surface area contributed by atoms with Gasteiger partial charge < -0.3 is 10.2 Å². The number of thiazole rings is 1. The van der Waals surface area contributed by atoms with Crippen molar-refractivity contribution in [3.8, 4) is 0 Å². The van der Waals surface area contributed by atoms with E-state index in [9.17, 15) is 4.79 Å². The summed E-state index contributed by atoms with van der Waals surface area (Å²) in [7, 11) is 0. The molecule has 122 valence electrons. The smallest absolute Gasteiger partial charge is 0.240 e. The first-order chi connectivity index (χ1) is 11.1. The van der Waals surface area contributed by atoms with Crippen LogP contribution in [0.15, 0.2) is 24.4 Å². The Morgan fingerprint density at radius 3 is 2.65 bits per heavy atom. The number of aromatic nitrogens is 2. The minimum Gasteiger partial charge on any atom is -0.354 e. The summed E-state index contributed by atoms with van der Waals surface area (Å²) in [4.78, 5) is 26.4. The number of nitrogens with zero attached hydrogens (tertiary/aromatic N) is 4. The van der Waals surface area contributed by atoms with Crippen molar-refractivity contribution >= 4 is 28.2 Å². The van der Waals surface area contributed by atoms with E-state index in [0.29, 0.717) is 11.7 Å². The van der Waals surface area contributed by atoms with Gasteiger partial charge in [-0.05, 0) is 26.0 Å². The number of nitrogens with one attached hydrogen (secondary N) is 1. The van der Waals surface area contributed by atoms with Gasteiger partial charge in [0, 0.05) is 37.3 Å². The zero-order valence-corrected chi connectivity index (χ0v) is 14.3. The highest BCUT2D eigenvalue weighted by Gasteiger charge is 2.20. The molecule has 23 heavy (non-hydrogen) atoms. The van der Waals surface area contributed by atoms with Gasteiger partial charge in [0.1, 0.15) is 5.82 Å².